The van der Waals surface area contributed by atoms with Gasteiger partial charge in [0.05, 0.1) is 0 Å². The van der Waals surface area contributed by atoms with Gasteiger partial charge >= 0.3 is 106 Å². The molecule has 1 atom stereocenters. The number of halogens is 2. The van der Waals surface area contributed by atoms with E-state index in [1.54, 1.807) is 9.45 Å². The molecule has 1 nitrogen and oxygen atoms in total. The van der Waals surface area contributed by atoms with E-state index < -0.39 is 0 Å². The summed E-state index contributed by atoms with van der Waals surface area (Å²) < 4.78 is 1.57. The average molecular weight is 311 g/mol. The minimum Gasteiger partial charge on any atom is -1.00 e. The summed E-state index contributed by atoms with van der Waals surface area (Å²) in [4.78, 5) is 2.27. The van der Waals surface area contributed by atoms with E-state index in [9.17, 15) is 0 Å². The molecule has 97 valence electrons. The Hall–Kier alpha value is 0.734. The minimum absolute atomic E-state index is 0. The average Bonchev–Trinajstić information content (AvgIpc) is 2.32. The first-order valence-corrected chi connectivity index (χ1v) is 6.34. The molecule has 0 aromatic carbocycles. The van der Waals surface area contributed by atoms with E-state index in [-0.39, 0.29) is 24.8 Å². The summed E-state index contributed by atoms with van der Waals surface area (Å²) >= 11 is 2.30. The Bertz CT molecular complexity index is 308. The first-order valence-electron chi connectivity index (χ1n) is 5.56. The molecule has 0 saturated carbocycles. The van der Waals surface area contributed by atoms with Gasteiger partial charge in [0.1, 0.15) is 0 Å². The van der Waals surface area contributed by atoms with E-state index in [1.165, 1.54) is 17.6 Å². The van der Waals surface area contributed by atoms with Gasteiger partial charge in [-0.3, -0.25) is 0 Å². The van der Waals surface area contributed by atoms with Crippen LogP contribution in [0.25, 0.3) is 0 Å². The standard InChI is InChI=1S/C13H22N.2ClH.Ti/c1-10-9-13(4,7-8-14(5)6)12(3)11(10)2;;;/h7-8H2,1-6H3;2*1H;/q;;;+2/p-2. The van der Waals surface area contributed by atoms with Crippen molar-refractivity contribution >= 4 is 0 Å². The Balaban J connectivity index is 0. The van der Waals surface area contributed by atoms with Crippen molar-refractivity contribution in [3.8, 4) is 0 Å². The second kappa shape index (κ2) is 7.35. The molecule has 0 saturated heterocycles. The van der Waals surface area contributed by atoms with Crippen molar-refractivity contribution in [2.45, 2.75) is 34.1 Å². The Morgan fingerprint density at radius 2 is 1.53 bits per heavy atom. The molecule has 4 heteroatoms. The molecule has 1 aliphatic rings. The molecule has 1 rings (SSSR count). The first-order chi connectivity index (χ1) is 6.80. The van der Waals surface area contributed by atoms with Gasteiger partial charge in [-0.15, -0.1) is 0 Å². The molecule has 0 amide bonds. The summed E-state index contributed by atoms with van der Waals surface area (Å²) in [6.45, 7) is 10.4. The van der Waals surface area contributed by atoms with Crippen molar-refractivity contribution < 1.29 is 45.2 Å². The minimum atomic E-state index is 0. The van der Waals surface area contributed by atoms with Crippen LogP contribution in [0.3, 0.4) is 0 Å². The molecule has 1 aliphatic carbocycles. The van der Waals surface area contributed by atoms with Gasteiger partial charge in [0, 0.05) is 0 Å². The second-order valence-electron chi connectivity index (χ2n) is 5.14. The smallest absolute Gasteiger partial charge is 1.00 e. The van der Waals surface area contributed by atoms with E-state index in [0.29, 0.717) is 5.41 Å². The fourth-order valence-electron chi connectivity index (χ4n) is 2.24. The van der Waals surface area contributed by atoms with Gasteiger partial charge in [-0.25, -0.2) is 0 Å². The van der Waals surface area contributed by atoms with Crippen LogP contribution < -0.4 is 24.8 Å². The fourth-order valence-corrected chi connectivity index (χ4v) is 3.02. The normalized spacial score (nSPS) is 24.1. The molecule has 0 spiro atoms. The van der Waals surface area contributed by atoms with Gasteiger partial charge in [-0.2, -0.15) is 0 Å². The zero-order chi connectivity index (χ0) is 11.8. The SMILES string of the molecule is CC1=C(C)C(C)(CCN(C)C)[C]([Ti+2])=C1C.[Cl-].[Cl-]. The summed E-state index contributed by atoms with van der Waals surface area (Å²) in [5, 5.41) is 0. The first kappa shape index (κ1) is 20.1. The Morgan fingerprint density at radius 1 is 1.06 bits per heavy atom. The number of hydrogen-bond donors (Lipinski definition) is 0. The number of hydrogen-bond acceptors (Lipinski definition) is 1. The zero-order valence-electron chi connectivity index (χ0n) is 11.6. The van der Waals surface area contributed by atoms with Crippen LogP contribution in [0.4, 0.5) is 0 Å². The molecule has 0 radical (unpaired) electrons. The topological polar surface area (TPSA) is 3.24 Å². The maximum Gasteiger partial charge on any atom is -1.00 e. The van der Waals surface area contributed by atoms with Gasteiger partial charge in [-0.1, -0.05) is 0 Å². The third-order valence-corrected chi connectivity index (χ3v) is 5.39. The predicted octanol–water partition coefficient (Wildman–Crippen LogP) is -2.88. The molecule has 17 heavy (non-hydrogen) atoms. The van der Waals surface area contributed by atoms with E-state index >= 15 is 0 Å². The number of allylic oxidation sites excluding steroid dienone is 4. The second-order valence-corrected chi connectivity index (χ2v) is 5.92. The molecular weight excluding hydrogens is 289 g/mol. The summed E-state index contributed by atoms with van der Waals surface area (Å²) in [7, 11) is 4.30. The van der Waals surface area contributed by atoms with Crippen LogP contribution in [0.1, 0.15) is 34.1 Å². The van der Waals surface area contributed by atoms with Crippen LogP contribution >= 0.6 is 0 Å². The predicted molar refractivity (Wildman–Crippen MR) is 62.4 cm³/mol. The number of nitrogens with zero attached hydrogens (tertiary/aromatic N) is 1. The summed E-state index contributed by atoms with van der Waals surface area (Å²) in [6.07, 6.45) is 1.23. The Morgan fingerprint density at radius 3 is 1.82 bits per heavy atom. The third kappa shape index (κ3) is 3.85. The van der Waals surface area contributed by atoms with Crippen LogP contribution in [0.2, 0.25) is 0 Å². The Kier molecular flexibility index (Phi) is 8.68. The molecular formula is C13H22Cl2NTi. The van der Waals surface area contributed by atoms with Gasteiger partial charge < -0.3 is 24.8 Å². The van der Waals surface area contributed by atoms with E-state index in [4.69, 9.17) is 0 Å². The molecule has 0 fully saturated rings. The van der Waals surface area contributed by atoms with Gasteiger partial charge in [-0.05, 0) is 0 Å². The van der Waals surface area contributed by atoms with Crippen molar-refractivity contribution in [3.63, 3.8) is 0 Å². The molecule has 0 N–H and O–H groups in total. The van der Waals surface area contributed by atoms with Crippen molar-refractivity contribution in [1.29, 1.82) is 0 Å². The monoisotopic (exact) mass is 310 g/mol. The van der Waals surface area contributed by atoms with Crippen molar-refractivity contribution in [2.75, 3.05) is 20.6 Å². The zero-order valence-corrected chi connectivity index (χ0v) is 14.7. The van der Waals surface area contributed by atoms with Crippen molar-refractivity contribution in [2.24, 2.45) is 5.41 Å². The van der Waals surface area contributed by atoms with Gasteiger partial charge in [0.2, 0.25) is 0 Å². The fraction of sp³-hybridized carbons (Fsp3) is 0.692. The van der Waals surface area contributed by atoms with Crippen LogP contribution in [0.15, 0.2) is 20.6 Å². The molecule has 0 bridgehead atoms. The summed E-state index contributed by atoms with van der Waals surface area (Å²) in [5.41, 5.74) is 4.89. The summed E-state index contributed by atoms with van der Waals surface area (Å²) in [5.74, 6) is 0. The van der Waals surface area contributed by atoms with Crippen LogP contribution in [-0.4, -0.2) is 25.5 Å². The van der Waals surface area contributed by atoms with Crippen molar-refractivity contribution in [1.82, 2.24) is 4.90 Å². The maximum absolute atomic E-state index is 2.39. The summed E-state index contributed by atoms with van der Waals surface area (Å²) in [6, 6.07) is 0. The van der Waals surface area contributed by atoms with Crippen LogP contribution in [-0.2, 0) is 20.4 Å². The molecule has 0 aliphatic heterocycles. The Labute approximate surface area is 130 Å². The maximum atomic E-state index is 2.39. The molecule has 0 aromatic heterocycles. The van der Waals surface area contributed by atoms with Crippen LogP contribution in [0, 0.1) is 5.41 Å². The largest absolute Gasteiger partial charge is 1.00 e. The van der Waals surface area contributed by atoms with Gasteiger partial charge in [0.15, 0.2) is 0 Å². The van der Waals surface area contributed by atoms with E-state index in [0.717, 1.165) is 6.54 Å². The number of rotatable bonds is 3. The van der Waals surface area contributed by atoms with Crippen LogP contribution in [0.5, 0.6) is 0 Å². The van der Waals surface area contributed by atoms with Gasteiger partial charge in [0.25, 0.3) is 0 Å². The van der Waals surface area contributed by atoms with Crippen molar-refractivity contribution in [3.05, 3.63) is 20.6 Å². The quantitative estimate of drug-likeness (QED) is 0.507. The molecule has 0 heterocycles. The third-order valence-electron chi connectivity index (χ3n) is 3.94. The van der Waals surface area contributed by atoms with E-state index in [1.807, 2.05) is 0 Å². The molecule has 1 unspecified atom stereocenters. The molecule has 0 aromatic rings. The van der Waals surface area contributed by atoms with E-state index in [2.05, 4.69) is 67.1 Å².